The number of nitrogens with zero attached hydrogens (tertiary/aromatic N) is 4. The summed E-state index contributed by atoms with van der Waals surface area (Å²) in [6.45, 7) is 2.02. The average molecular weight is 216 g/mol. The van der Waals surface area contributed by atoms with Crippen molar-refractivity contribution in [3.05, 3.63) is 35.7 Å². The van der Waals surface area contributed by atoms with E-state index in [-0.39, 0.29) is 0 Å². The summed E-state index contributed by atoms with van der Waals surface area (Å²) in [6.07, 6.45) is 3.69. The Bertz CT molecular complexity index is 479. The number of tetrazole rings is 1. The number of rotatable bonds is 4. The third-order valence-electron chi connectivity index (χ3n) is 2.36. The van der Waals surface area contributed by atoms with Crippen molar-refractivity contribution in [3.8, 4) is 5.69 Å². The molecule has 0 N–H and O–H groups in total. The Morgan fingerprint density at radius 3 is 3.00 bits per heavy atom. The third-order valence-corrected chi connectivity index (χ3v) is 2.36. The molecule has 82 valence electrons. The van der Waals surface area contributed by atoms with Crippen molar-refractivity contribution < 1.29 is 4.79 Å². The monoisotopic (exact) mass is 216 g/mol. The third kappa shape index (κ3) is 2.13. The lowest BCUT2D eigenvalue weighted by molar-refractivity contribution is -0.107. The van der Waals surface area contributed by atoms with Crippen LogP contribution in [-0.4, -0.2) is 26.5 Å². The number of hydrogen-bond donors (Lipinski definition) is 0. The van der Waals surface area contributed by atoms with Crippen molar-refractivity contribution in [1.29, 1.82) is 0 Å². The van der Waals surface area contributed by atoms with Crippen molar-refractivity contribution in [2.24, 2.45) is 0 Å². The van der Waals surface area contributed by atoms with Gasteiger partial charge in [-0.3, -0.25) is 0 Å². The number of carbonyl (C=O) groups is 1. The van der Waals surface area contributed by atoms with Crippen LogP contribution in [-0.2, 0) is 11.2 Å². The number of aromatic nitrogens is 4. The lowest BCUT2D eigenvalue weighted by atomic mass is 10.1. The fraction of sp³-hybridized carbons (Fsp3) is 0.273. The highest BCUT2D eigenvalue weighted by Crippen LogP contribution is 2.16. The van der Waals surface area contributed by atoms with Gasteiger partial charge in [-0.2, -0.15) is 0 Å². The first-order valence-corrected chi connectivity index (χ1v) is 5.08. The maximum atomic E-state index is 10.4. The van der Waals surface area contributed by atoms with Crippen LogP contribution in [0, 0.1) is 6.92 Å². The molecule has 0 bridgehead atoms. The van der Waals surface area contributed by atoms with E-state index >= 15 is 0 Å². The number of carbonyl (C=O) groups excluding carboxylic acids is 1. The summed E-state index contributed by atoms with van der Waals surface area (Å²) in [5.41, 5.74) is 3.18. The Balaban J connectivity index is 2.39. The van der Waals surface area contributed by atoms with Gasteiger partial charge in [0.25, 0.3) is 0 Å². The molecule has 2 rings (SSSR count). The van der Waals surface area contributed by atoms with Crippen molar-refractivity contribution in [2.75, 3.05) is 0 Å². The molecule has 0 amide bonds. The van der Waals surface area contributed by atoms with Gasteiger partial charge < -0.3 is 4.79 Å². The second kappa shape index (κ2) is 4.65. The normalized spacial score (nSPS) is 10.3. The van der Waals surface area contributed by atoms with Crippen molar-refractivity contribution >= 4 is 6.29 Å². The average Bonchev–Trinajstić information content (AvgIpc) is 2.80. The molecule has 0 aliphatic rings. The summed E-state index contributed by atoms with van der Waals surface area (Å²) in [6, 6.07) is 6.02. The molecule has 1 heterocycles. The van der Waals surface area contributed by atoms with Gasteiger partial charge in [0.1, 0.15) is 12.6 Å². The quantitative estimate of drug-likeness (QED) is 0.718. The molecule has 0 spiro atoms. The summed E-state index contributed by atoms with van der Waals surface area (Å²) >= 11 is 0. The molecule has 1 aromatic carbocycles. The van der Waals surface area contributed by atoms with E-state index in [1.165, 1.54) is 0 Å². The molecule has 0 fully saturated rings. The maximum Gasteiger partial charge on any atom is 0.143 e. The second-order valence-corrected chi connectivity index (χ2v) is 3.59. The first-order chi connectivity index (χ1) is 7.81. The summed E-state index contributed by atoms with van der Waals surface area (Å²) < 4.78 is 1.61. The summed E-state index contributed by atoms with van der Waals surface area (Å²) in [4.78, 5) is 10.4. The van der Waals surface area contributed by atoms with Crippen molar-refractivity contribution in [3.63, 3.8) is 0 Å². The van der Waals surface area contributed by atoms with Crippen LogP contribution in [0.3, 0.4) is 0 Å². The fourth-order valence-electron chi connectivity index (χ4n) is 1.62. The first kappa shape index (κ1) is 10.5. The summed E-state index contributed by atoms with van der Waals surface area (Å²) in [5.74, 6) is 0. The smallest absolute Gasteiger partial charge is 0.143 e. The highest BCUT2D eigenvalue weighted by Gasteiger charge is 2.05. The van der Waals surface area contributed by atoms with Crippen LogP contribution >= 0.6 is 0 Å². The molecule has 5 nitrogen and oxygen atoms in total. The molecular weight excluding hydrogens is 204 g/mol. The van der Waals surface area contributed by atoms with Crippen LogP contribution in [0.25, 0.3) is 5.69 Å². The minimum Gasteiger partial charge on any atom is -0.303 e. The van der Waals surface area contributed by atoms with Crippen LogP contribution in [0.5, 0.6) is 0 Å². The topological polar surface area (TPSA) is 60.7 Å². The van der Waals surface area contributed by atoms with Gasteiger partial charge >= 0.3 is 0 Å². The zero-order valence-corrected chi connectivity index (χ0v) is 9.00. The van der Waals surface area contributed by atoms with Gasteiger partial charge in [-0.05, 0) is 35.4 Å². The molecule has 16 heavy (non-hydrogen) atoms. The highest BCUT2D eigenvalue weighted by atomic mass is 16.1. The Morgan fingerprint density at radius 2 is 2.31 bits per heavy atom. The Labute approximate surface area is 93.1 Å². The Hall–Kier alpha value is -2.04. The number of hydrogen-bond acceptors (Lipinski definition) is 4. The van der Waals surface area contributed by atoms with Crippen molar-refractivity contribution in [1.82, 2.24) is 20.2 Å². The predicted octanol–water partition coefficient (Wildman–Crippen LogP) is 1.10. The highest BCUT2D eigenvalue weighted by molar-refractivity contribution is 5.52. The van der Waals surface area contributed by atoms with Crippen molar-refractivity contribution in [2.45, 2.75) is 19.8 Å². The molecule has 0 radical (unpaired) electrons. The second-order valence-electron chi connectivity index (χ2n) is 3.59. The van der Waals surface area contributed by atoms with Crippen LogP contribution in [0.15, 0.2) is 24.5 Å². The molecule has 0 unspecified atom stereocenters. The fourth-order valence-corrected chi connectivity index (χ4v) is 1.62. The molecule has 2 aromatic rings. The van der Waals surface area contributed by atoms with Gasteiger partial charge in [0.15, 0.2) is 0 Å². The van der Waals surface area contributed by atoms with E-state index in [4.69, 9.17) is 0 Å². The number of benzene rings is 1. The number of aryl methyl sites for hydroxylation is 2. The zero-order chi connectivity index (χ0) is 11.4. The van der Waals surface area contributed by atoms with E-state index in [0.29, 0.717) is 12.8 Å². The van der Waals surface area contributed by atoms with E-state index in [2.05, 4.69) is 21.6 Å². The van der Waals surface area contributed by atoms with Gasteiger partial charge in [0.05, 0.1) is 5.69 Å². The van der Waals surface area contributed by atoms with Gasteiger partial charge in [-0.15, -0.1) is 5.10 Å². The molecule has 1 aromatic heterocycles. The largest absolute Gasteiger partial charge is 0.303 e. The first-order valence-electron chi connectivity index (χ1n) is 5.08. The van der Waals surface area contributed by atoms with Gasteiger partial charge in [0, 0.05) is 6.42 Å². The van der Waals surface area contributed by atoms with Crippen LogP contribution in [0.1, 0.15) is 17.5 Å². The summed E-state index contributed by atoms with van der Waals surface area (Å²) in [7, 11) is 0. The lowest BCUT2D eigenvalue weighted by Crippen LogP contribution is -2.01. The summed E-state index contributed by atoms with van der Waals surface area (Å²) in [5, 5.41) is 11.1. The van der Waals surface area contributed by atoms with E-state index in [1.54, 1.807) is 11.0 Å². The van der Waals surface area contributed by atoms with Crippen LogP contribution in [0.2, 0.25) is 0 Å². The lowest BCUT2D eigenvalue weighted by Gasteiger charge is -2.08. The molecule has 0 saturated heterocycles. The van der Waals surface area contributed by atoms with E-state index < -0.39 is 0 Å². The minimum absolute atomic E-state index is 0.512. The molecular formula is C11H12N4O. The SMILES string of the molecule is Cc1ccc(-n2cnnn2)c(CCC=O)c1. The maximum absolute atomic E-state index is 10.4. The minimum atomic E-state index is 0.512. The van der Waals surface area contributed by atoms with E-state index in [9.17, 15) is 4.79 Å². The predicted molar refractivity (Wildman–Crippen MR) is 58.3 cm³/mol. The zero-order valence-electron chi connectivity index (χ0n) is 9.00. The molecule has 5 heteroatoms. The van der Waals surface area contributed by atoms with Gasteiger partial charge in [-0.25, -0.2) is 4.68 Å². The molecule has 0 aliphatic heterocycles. The van der Waals surface area contributed by atoms with Crippen LogP contribution < -0.4 is 0 Å². The molecule has 0 atom stereocenters. The van der Waals surface area contributed by atoms with E-state index in [1.807, 2.05) is 19.1 Å². The van der Waals surface area contributed by atoms with E-state index in [0.717, 1.165) is 23.1 Å². The molecule has 0 aliphatic carbocycles. The van der Waals surface area contributed by atoms with Gasteiger partial charge in [0.2, 0.25) is 0 Å². The van der Waals surface area contributed by atoms with Gasteiger partial charge in [-0.1, -0.05) is 17.7 Å². The number of aldehydes is 1. The standard InChI is InChI=1S/C11H12N4O/c1-9-4-5-11(15-8-12-13-14-15)10(7-9)3-2-6-16/h4-8H,2-3H2,1H3. The Morgan fingerprint density at radius 1 is 1.44 bits per heavy atom. The Kier molecular flexibility index (Phi) is 3.05. The molecule has 0 saturated carbocycles. The van der Waals surface area contributed by atoms with Crippen LogP contribution in [0.4, 0.5) is 0 Å².